The van der Waals surface area contributed by atoms with Crippen LogP contribution in [0.25, 0.3) is 16.4 Å². The Balaban J connectivity index is 1.51. The fourth-order valence-electron chi connectivity index (χ4n) is 2.66. The first-order valence-electron chi connectivity index (χ1n) is 8.58. The molecule has 0 fully saturated rings. The van der Waals surface area contributed by atoms with Gasteiger partial charge in [0.25, 0.3) is 5.91 Å². The largest absolute Gasteiger partial charge is 0.347 e. The van der Waals surface area contributed by atoms with E-state index in [4.69, 9.17) is 0 Å². The van der Waals surface area contributed by atoms with Crippen LogP contribution < -0.4 is 5.32 Å². The molecule has 1 N–H and O–H groups in total. The normalized spacial score (nSPS) is 10.8. The van der Waals surface area contributed by atoms with E-state index < -0.39 is 0 Å². The Labute approximate surface area is 164 Å². The summed E-state index contributed by atoms with van der Waals surface area (Å²) in [5.74, 6) is -0.484. The van der Waals surface area contributed by atoms with Crippen LogP contribution >= 0.6 is 11.3 Å². The van der Waals surface area contributed by atoms with Crippen LogP contribution in [0.1, 0.15) is 20.9 Å². The number of nitrogens with one attached hydrogen (secondary N) is 1. The third kappa shape index (κ3) is 3.81. The van der Waals surface area contributed by atoms with Crippen molar-refractivity contribution < 1.29 is 9.18 Å². The van der Waals surface area contributed by atoms with Crippen molar-refractivity contribution in [3.05, 3.63) is 82.7 Å². The standard InChI is InChI=1S/C20H16FN5OS/c1-13-18(19(27)22-11-14-5-3-2-4-6-14)28-20(23-13)26-12-17(24-25-26)15-7-9-16(21)10-8-15/h2-10,12H,11H2,1H3,(H,22,27). The van der Waals surface area contributed by atoms with Crippen LogP contribution in [0.15, 0.2) is 60.8 Å². The molecule has 0 bridgehead atoms. The predicted octanol–water partition coefficient (Wildman–Crippen LogP) is 3.77. The lowest BCUT2D eigenvalue weighted by Gasteiger charge is -2.03. The van der Waals surface area contributed by atoms with Crippen molar-refractivity contribution in [2.45, 2.75) is 13.5 Å². The van der Waals surface area contributed by atoms with Gasteiger partial charge in [0.15, 0.2) is 0 Å². The van der Waals surface area contributed by atoms with Gasteiger partial charge in [-0.05, 0) is 36.8 Å². The summed E-state index contributed by atoms with van der Waals surface area (Å²) in [6.07, 6.45) is 1.71. The topological polar surface area (TPSA) is 72.7 Å². The molecule has 2 aromatic heterocycles. The van der Waals surface area contributed by atoms with Crippen LogP contribution in [-0.4, -0.2) is 25.9 Å². The molecule has 6 nitrogen and oxygen atoms in total. The second-order valence-electron chi connectivity index (χ2n) is 6.13. The van der Waals surface area contributed by atoms with Gasteiger partial charge in [0.2, 0.25) is 5.13 Å². The second kappa shape index (κ2) is 7.69. The number of carbonyl (C=O) groups is 1. The first-order chi connectivity index (χ1) is 13.6. The molecular formula is C20H16FN5OS. The summed E-state index contributed by atoms with van der Waals surface area (Å²) >= 11 is 1.24. The van der Waals surface area contributed by atoms with Crippen molar-refractivity contribution in [1.29, 1.82) is 0 Å². The lowest BCUT2D eigenvalue weighted by Crippen LogP contribution is -2.22. The molecule has 8 heteroatoms. The average Bonchev–Trinajstić information content (AvgIpc) is 3.34. The minimum atomic E-state index is -0.308. The zero-order valence-corrected chi connectivity index (χ0v) is 15.8. The Morgan fingerprint density at radius 1 is 1.14 bits per heavy atom. The van der Waals surface area contributed by atoms with Crippen LogP contribution in [-0.2, 0) is 6.54 Å². The molecule has 28 heavy (non-hydrogen) atoms. The Bertz CT molecular complexity index is 1110. The van der Waals surface area contributed by atoms with Crippen LogP contribution in [0.2, 0.25) is 0 Å². The van der Waals surface area contributed by atoms with E-state index in [1.165, 1.54) is 28.2 Å². The first-order valence-corrected chi connectivity index (χ1v) is 9.40. The number of aromatic nitrogens is 4. The van der Waals surface area contributed by atoms with Gasteiger partial charge in [-0.2, -0.15) is 4.68 Å². The molecule has 0 aliphatic rings. The number of rotatable bonds is 5. The molecule has 4 rings (SSSR count). The van der Waals surface area contributed by atoms with Crippen molar-refractivity contribution in [3.8, 4) is 16.4 Å². The fourth-order valence-corrected chi connectivity index (χ4v) is 3.57. The van der Waals surface area contributed by atoms with E-state index in [1.54, 1.807) is 25.3 Å². The molecule has 0 saturated heterocycles. The monoisotopic (exact) mass is 393 g/mol. The second-order valence-corrected chi connectivity index (χ2v) is 7.11. The molecule has 1 amide bonds. The molecule has 0 unspecified atom stereocenters. The maximum atomic E-state index is 13.1. The molecular weight excluding hydrogens is 377 g/mol. The van der Waals surface area contributed by atoms with Gasteiger partial charge in [-0.15, -0.1) is 5.10 Å². The molecule has 2 aromatic carbocycles. The highest BCUT2D eigenvalue weighted by Crippen LogP contribution is 2.23. The number of nitrogens with zero attached hydrogens (tertiary/aromatic N) is 4. The predicted molar refractivity (Wildman–Crippen MR) is 105 cm³/mol. The van der Waals surface area contributed by atoms with Crippen LogP contribution in [0.5, 0.6) is 0 Å². The summed E-state index contributed by atoms with van der Waals surface area (Å²) in [4.78, 5) is 17.5. The van der Waals surface area contributed by atoms with Gasteiger partial charge in [0, 0.05) is 12.1 Å². The van der Waals surface area contributed by atoms with E-state index in [1.807, 2.05) is 30.3 Å². The summed E-state index contributed by atoms with van der Waals surface area (Å²) in [7, 11) is 0. The van der Waals surface area contributed by atoms with Gasteiger partial charge >= 0.3 is 0 Å². The van der Waals surface area contributed by atoms with E-state index in [-0.39, 0.29) is 11.7 Å². The number of halogens is 1. The highest BCUT2D eigenvalue weighted by atomic mass is 32.1. The smallest absolute Gasteiger partial charge is 0.263 e. The maximum Gasteiger partial charge on any atom is 0.263 e. The van der Waals surface area contributed by atoms with Crippen molar-refractivity contribution in [2.24, 2.45) is 0 Å². The van der Waals surface area contributed by atoms with Crippen molar-refractivity contribution in [2.75, 3.05) is 0 Å². The third-order valence-electron chi connectivity index (χ3n) is 4.12. The molecule has 4 aromatic rings. The van der Waals surface area contributed by atoms with Gasteiger partial charge in [0.05, 0.1) is 11.9 Å². The number of carbonyl (C=O) groups excluding carboxylic acids is 1. The van der Waals surface area contributed by atoms with Crippen LogP contribution in [0.4, 0.5) is 4.39 Å². The molecule has 0 aliphatic carbocycles. The van der Waals surface area contributed by atoms with Gasteiger partial charge in [-0.1, -0.05) is 46.9 Å². The Morgan fingerprint density at radius 2 is 1.89 bits per heavy atom. The summed E-state index contributed by atoms with van der Waals surface area (Å²) in [6, 6.07) is 15.7. The minimum absolute atomic E-state index is 0.177. The molecule has 0 atom stereocenters. The first kappa shape index (κ1) is 18.0. The Kier molecular flexibility index (Phi) is 4.94. The van der Waals surface area contributed by atoms with Crippen molar-refractivity contribution in [1.82, 2.24) is 25.3 Å². The highest BCUT2D eigenvalue weighted by Gasteiger charge is 2.17. The van der Waals surface area contributed by atoms with E-state index >= 15 is 0 Å². The number of hydrogen-bond acceptors (Lipinski definition) is 5. The number of aryl methyl sites for hydroxylation is 1. The number of hydrogen-bond donors (Lipinski definition) is 1. The van der Waals surface area contributed by atoms with Gasteiger partial charge < -0.3 is 5.32 Å². The number of benzene rings is 2. The van der Waals surface area contributed by atoms with Gasteiger partial charge in [-0.25, -0.2) is 9.37 Å². The van der Waals surface area contributed by atoms with E-state index in [2.05, 4.69) is 20.6 Å². The Morgan fingerprint density at radius 3 is 2.64 bits per heavy atom. The molecule has 2 heterocycles. The summed E-state index contributed by atoms with van der Waals surface area (Å²) in [5.41, 5.74) is 3.01. The zero-order chi connectivity index (χ0) is 19.5. The average molecular weight is 393 g/mol. The number of amides is 1. The number of thiazole rings is 1. The van der Waals surface area contributed by atoms with Gasteiger partial charge in [0.1, 0.15) is 16.4 Å². The minimum Gasteiger partial charge on any atom is -0.347 e. The molecule has 0 aliphatic heterocycles. The quantitative estimate of drug-likeness (QED) is 0.560. The lowest BCUT2D eigenvalue weighted by atomic mass is 10.2. The van der Waals surface area contributed by atoms with E-state index in [9.17, 15) is 9.18 Å². The summed E-state index contributed by atoms with van der Waals surface area (Å²) in [5, 5.41) is 11.6. The summed E-state index contributed by atoms with van der Waals surface area (Å²) in [6.45, 7) is 2.24. The van der Waals surface area contributed by atoms with Gasteiger partial charge in [-0.3, -0.25) is 4.79 Å². The molecule has 0 saturated carbocycles. The zero-order valence-electron chi connectivity index (χ0n) is 15.0. The van der Waals surface area contributed by atoms with Crippen molar-refractivity contribution in [3.63, 3.8) is 0 Å². The molecule has 140 valence electrons. The maximum absolute atomic E-state index is 13.1. The Hall–Kier alpha value is -3.39. The van der Waals surface area contributed by atoms with E-state index in [0.29, 0.717) is 27.9 Å². The van der Waals surface area contributed by atoms with Crippen LogP contribution in [0.3, 0.4) is 0 Å². The molecule has 0 spiro atoms. The fraction of sp³-hybridized carbons (Fsp3) is 0.100. The third-order valence-corrected chi connectivity index (χ3v) is 5.26. The SMILES string of the molecule is Cc1nc(-n2cc(-c3ccc(F)cc3)nn2)sc1C(=O)NCc1ccccc1. The summed E-state index contributed by atoms with van der Waals surface area (Å²) < 4.78 is 14.6. The van der Waals surface area contributed by atoms with E-state index in [0.717, 1.165) is 11.1 Å². The van der Waals surface area contributed by atoms with Crippen LogP contribution in [0, 0.1) is 12.7 Å². The molecule has 0 radical (unpaired) electrons. The van der Waals surface area contributed by atoms with Crippen molar-refractivity contribution >= 4 is 17.2 Å². The lowest BCUT2D eigenvalue weighted by molar-refractivity contribution is 0.0954. The highest BCUT2D eigenvalue weighted by molar-refractivity contribution is 7.16.